The van der Waals surface area contributed by atoms with E-state index < -0.39 is 46.7 Å². The van der Waals surface area contributed by atoms with Gasteiger partial charge in [-0.3, -0.25) is 8.98 Å². The second kappa shape index (κ2) is 8.09. The Morgan fingerprint density at radius 3 is 2.45 bits per heavy atom. The van der Waals surface area contributed by atoms with Gasteiger partial charge in [0.2, 0.25) is 5.91 Å². The van der Waals surface area contributed by atoms with Crippen LogP contribution >= 0.6 is 0 Å². The van der Waals surface area contributed by atoms with E-state index in [4.69, 9.17) is 23.1 Å². The number of carbonyl (C=O) groups is 1. The van der Waals surface area contributed by atoms with Gasteiger partial charge in [-0.2, -0.15) is 8.42 Å². The van der Waals surface area contributed by atoms with Crippen LogP contribution in [0.4, 0.5) is 0 Å². The number of hydrogen-bond acceptors (Lipinski definition) is 8. The molecule has 0 aliphatic carbocycles. The molecule has 1 amide bonds. The molecule has 31 heavy (non-hydrogen) atoms. The van der Waals surface area contributed by atoms with Crippen molar-refractivity contribution < 1.29 is 36.3 Å². The first-order valence-corrected chi connectivity index (χ1v) is 11.8. The van der Waals surface area contributed by atoms with E-state index in [0.29, 0.717) is 0 Å². The normalized spacial score (nSPS) is 34.5. The Labute approximate surface area is 182 Å². The van der Waals surface area contributed by atoms with Crippen LogP contribution in [0.1, 0.15) is 33.3 Å². The third-order valence-electron chi connectivity index (χ3n) is 5.72. The number of hydrogen-bond donors (Lipinski definition) is 1. The van der Waals surface area contributed by atoms with Gasteiger partial charge in [0.15, 0.2) is 12.1 Å². The molecule has 0 saturated carbocycles. The SMILES string of the molecule is Cc1ccc(S(=O)(=O)OC[C@H]2O[C@@H]3OC(C)(C)O[C@@H]3[C@H]2O[C@@H]2NC(=O)[C@H]2C(C)C)cc1. The van der Waals surface area contributed by atoms with E-state index in [9.17, 15) is 13.2 Å². The largest absolute Gasteiger partial charge is 0.349 e. The highest BCUT2D eigenvalue weighted by atomic mass is 32.2. The van der Waals surface area contributed by atoms with Crippen molar-refractivity contribution in [3.8, 4) is 0 Å². The monoisotopic (exact) mass is 455 g/mol. The highest BCUT2D eigenvalue weighted by molar-refractivity contribution is 7.86. The van der Waals surface area contributed by atoms with Crippen molar-refractivity contribution >= 4 is 16.0 Å². The summed E-state index contributed by atoms with van der Waals surface area (Å²) in [4.78, 5) is 12.0. The van der Waals surface area contributed by atoms with Gasteiger partial charge in [-0.05, 0) is 38.8 Å². The Hall–Kier alpha value is -1.56. The molecule has 3 heterocycles. The smallest absolute Gasteiger partial charge is 0.297 e. The molecular weight excluding hydrogens is 426 g/mol. The zero-order valence-electron chi connectivity index (χ0n) is 18.2. The van der Waals surface area contributed by atoms with E-state index in [1.54, 1.807) is 26.0 Å². The number of aryl methyl sites for hydroxylation is 1. The summed E-state index contributed by atoms with van der Waals surface area (Å²) >= 11 is 0. The van der Waals surface area contributed by atoms with Gasteiger partial charge in [0, 0.05) is 0 Å². The van der Waals surface area contributed by atoms with Gasteiger partial charge in [0.05, 0.1) is 17.4 Å². The maximum Gasteiger partial charge on any atom is 0.297 e. The lowest BCUT2D eigenvalue weighted by Gasteiger charge is -2.41. The van der Waals surface area contributed by atoms with Gasteiger partial charge in [0.25, 0.3) is 10.1 Å². The molecule has 0 radical (unpaired) electrons. The van der Waals surface area contributed by atoms with Gasteiger partial charge < -0.3 is 24.3 Å². The van der Waals surface area contributed by atoms with Crippen LogP contribution in [0, 0.1) is 18.8 Å². The zero-order valence-corrected chi connectivity index (χ0v) is 19.0. The van der Waals surface area contributed by atoms with Crippen LogP contribution in [0.5, 0.6) is 0 Å². The highest BCUT2D eigenvalue weighted by Crippen LogP contribution is 2.40. The fraction of sp³-hybridized carbons (Fsp3) is 0.667. The fourth-order valence-electron chi connectivity index (χ4n) is 4.08. The molecule has 3 saturated heterocycles. The molecule has 1 aromatic carbocycles. The molecule has 1 N–H and O–H groups in total. The molecule has 6 atom stereocenters. The summed E-state index contributed by atoms with van der Waals surface area (Å²) < 4.78 is 54.3. The van der Waals surface area contributed by atoms with E-state index >= 15 is 0 Å². The van der Waals surface area contributed by atoms with Gasteiger partial charge >= 0.3 is 0 Å². The summed E-state index contributed by atoms with van der Waals surface area (Å²) in [6.07, 6.45) is -3.23. The van der Waals surface area contributed by atoms with E-state index in [1.807, 2.05) is 20.8 Å². The van der Waals surface area contributed by atoms with Crippen LogP contribution in [0.25, 0.3) is 0 Å². The van der Waals surface area contributed by atoms with Crippen molar-refractivity contribution in [2.75, 3.05) is 6.61 Å². The Morgan fingerprint density at radius 1 is 1.16 bits per heavy atom. The number of carbonyl (C=O) groups excluding carboxylic acids is 1. The molecule has 3 aliphatic rings. The minimum Gasteiger partial charge on any atom is -0.349 e. The lowest BCUT2D eigenvalue weighted by Crippen LogP contribution is -2.63. The van der Waals surface area contributed by atoms with Gasteiger partial charge in [0.1, 0.15) is 24.5 Å². The van der Waals surface area contributed by atoms with E-state index in [0.717, 1.165) is 5.56 Å². The van der Waals surface area contributed by atoms with E-state index in [1.165, 1.54) is 12.1 Å². The molecule has 0 aromatic heterocycles. The molecule has 3 fully saturated rings. The second-order valence-electron chi connectivity index (χ2n) is 8.99. The minimum absolute atomic E-state index is 0.0634. The van der Waals surface area contributed by atoms with E-state index in [-0.39, 0.29) is 29.2 Å². The molecule has 0 bridgehead atoms. The number of benzene rings is 1. The zero-order chi connectivity index (χ0) is 22.6. The molecule has 9 nitrogen and oxygen atoms in total. The molecule has 4 rings (SSSR count). The third-order valence-corrected chi connectivity index (χ3v) is 7.02. The summed E-state index contributed by atoms with van der Waals surface area (Å²) in [6.45, 7) is 9.02. The van der Waals surface area contributed by atoms with Crippen molar-refractivity contribution in [2.24, 2.45) is 11.8 Å². The van der Waals surface area contributed by atoms with Crippen LogP contribution in [-0.2, 0) is 38.0 Å². The van der Waals surface area contributed by atoms with Crippen molar-refractivity contribution in [1.82, 2.24) is 5.32 Å². The predicted molar refractivity (Wildman–Crippen MR) is 108 cm³/mol. The summed E-state index contributed by atoms with van der Waals surface area (Å²) in [5.41, 5.74) is 0.943. The van der Waals surface area contributed by atoms with Gasteiger partial charge in [-0.1, -0.05) is 31.5 Å². The first-order valence-electron chi connectivity index (χ1n) is 10.4. The molecule has 0 unspecified atom stereocenters. The first-order chi connectivity index (χ1) is 14.5. The predicted octanol–water partition coefficient (Wildman–Crippen LogP) is 1.69. The van der Waals surface area contributed by atoms with Gasteiger partial charge in [-0.15, -0.1) is 0 Å². The number of amides is 1. The molecule has 0 spiro atoms. The quantitative estimate of drug-likeness (QED) is 0.489. The second-order valence-corrected chi connectivity index (χ2v) is 10.6. The molecule has 172 valence electrons. The molecular formula is C21H29NO8S. The standard InChI is InChI=1S/C21H29NO8S/c1-11(2)15-18(23)22-19(15)28-16-14(27-20-17(16)29-21(4,5)30-20)10-26-31(24,25)13-8-6-12(3)7-9-13/h6-9,11,14-17,19-20H,10H2,1-5H3,(H,22,23)/t14-,15-,16+,17-,19+,20-/m1/s1. The minimum atomic E-state index is -3.97. The Kier molecular flexibility index (Phi) is 5.91. The lowest BCUT2D eigenvalue weighted by molar-refractivity contribution is -0.232. The van der Waals surface area contributed by atoms with Crippen LogP contribution in [0.2, 0.25) is 0 Å². The summed E-state index contributed by atoms with van der Waals surface area (Å²) in [6, 6.07) is 6.39. The van der Waals surface area contributed by atoms with Gasteiger partial charge in [-0.25, -0.2) is 0 Å². The van der Waals surface area contributed by atoms with Crippen LogP contribution in [-0.4, -0.2) is 57.5 Å². The highest BCUT2D eigenvalue weighted by Gasteiger charge is 2.57. The first kappa shape index (κ1) is 22.6. The van der Waals surface area contributed by atoms with Crippen LogP contribution < -0.4 is 5.32 Å². The Balaban J connectivity index is 1.48. The Bertz CT molecular complexity index is 929. The maximum atomic E-state index is 12.6. The number of nitrogens with one attached hydrogen (secondary N) is 1. The number of rotatable bonds is 7. The average molecular weight is 456 g/mol. The molecule has 1 aromatic rings. The summed E-state index contributed by atoms with van der Waals surface area (Å²) in [5, 5.41) is 2.75. The summed E-state index contributed by atoms with van der Waals surface area (Å²) in [7, 11) is -3.97. The Morgan fingerprint density at radius 2 is 1.84 bits per heavy atom. The van der Waals surface area contributed by atoms with Crippen molar-refractivity contribution in [2.45, 2.75) is 76.1 Å². The van der Waals surface area contributed by atoms with Crippen molar-refractivity contribution in [3.63, 3.8) is 0 Å². The topological polar surface area (TPSA) is 109 Å². The molecule has 10 heteroatoms. The van der Waals surface area contributed by atoms with Crippen molar-refractivity contribution in [3.05, 3.63) is 29.8 Å². The average Bonchev–Trinajstić information content (AvgIpc) is 3.11. The summed E-state index contributed by atoms with van der Waals surface area (Å²) in [5.74, 6) is -1.15. The molecule has 3 aliphatic heterocycles. The van der Waals surface area contributed by atoms with Crippen LogP contribution in [0.3, 0.4) is 0 Å². The fourth-order valence-corrected chi connectivity index (χ4v) is 5.00. The maximum absolute atomic E-state index is 12.6. The number of β-lactam (4-membered cyclic amide) rings is 1. The third kappa shape index (κ3) is 4.50. The van der Waals surface area contributed by atoms with Crippen LogP contribution in [0.15, 0.2) is 29.2 Å². The van der Waals surface area contributed by atoms with E-state index in [2.05, 4.69) is 5.32 Å². The number of fused-ring (bicyclic) bond motifs is 1. The van der Waals surface area contributed by atoms with Crippen molar-refractivity contribution in [1.29, 1.82) is 0 Å². The number of ether oxygens (including phenoxy) is 4. The lowest BCUT2D eigenvalue weighted by atomic mass is 9.87.